The average Bonchev–Trinajstić information content (AvgIpc) is 2.78. The predicted octanol–water partition coefficient (Wildman–Crippen LogP) is 3.22. The van der Waals surface area contributed by atoms with Crippen LogP contribution in [0.5, 0.6) is 0 Å². The van der Waals surface area contributed by atoms with Crippen LogP contribution in [0.2, 0.25) is 0 Å². The van der Waals surface area contributed by atoms with Crippen molar-refractivity contribution in [3.8, 4) is 0 Å². The van der Waals surface area contributed by atoms with E-state index in [1.165, 1.54) is 0 Å². The largest absolute Gasteiger partial charge is 0.465 e. The standard InChI is InChI=1S/C14H17NO2/c1-3-8-17-14(16)10(2)12-9-15-13-7-5-4-6-11(12)13/h4-7,9-10,15H,3,8H2,1-2H3. The third-order valence-electron chi connectivity index (χ3n) is 2.89. The van der Waals surface area contributed by atoms with Gasteiger partial charge in [-0.05, 0) is 25.0 Å². The molecule has 1 atom stereocenters. The Morgan fingerprint density at radius 3 is 2.94 bits per heavy atom. The molecule has 1 aromatic carbocycles. The lowest BCUT2D eigenvalue weighted by Crippen LogP contribution is -2.13. The Labute approximate surface area is 101 Å². The van der Waals surface area contributed by atoms with Gasteiger partial charge in [-0.2, -0.15) is 0 Å². The molecule has 0 spiro atoms. The summed E-state index contributed by atoms with van der Waals surface area (Å²) in [5.74, 6) is -0.380. The second-order valence-corrected chi connectivity index (χ2v) is 4.18. The van der Waals surface area contributed by atoms with Crippen molar-refractivity contribution in [2.24, 2.45) is 0 Å². The molecule has 1 aromatic heterocycles. The zero-order valence-electron chi connectivity index (χ0n) is 10.2. The monoisotopic (exact) mass is 231 g/mol. The van der Waals surface area contributed by atoms with Crippen LogP contribution < -0.4 is 0 Å². The fourth-order valence-corrected chi connectivity index (χ4v) is 1.91. The van der Waals surface area contributed by atoms with Gasteiger partial charge >= 0.3 is 5.97 Å². The number of carbonyl (C=O) groups is 1. The van der Waals surface area contributed by atoms with Crippen molar-refractivity contribution in [1.82, 2.24) is 4.98 Å². The fraction of sp³-hybridized carbons (Fsp3) is 0.357. The number of hydrogen-bond acceptors (Lipinski definition) is 2. The van der Waals surface area contributed by atoms with Crippen LogP contribution in [0.3, 0.4) is 0 Å². The van der Waals surface area contributed by atoms with Crippen LogP contribution in [0.15, 0.2) is 30.5 Å². The van der Waals surface area contributed by atoms with Crippen LogP contribution in [0, 0.1) is 0 Å². The maximum absolute atomic E-state index is 11.8. The number of aromatic nitrogens is 1. The molecule has 1 unspecified atom stereocenters. The van der Waals surface area contributed by atoms with Gasteiger partial charge in [0, 0.05) is 17.1 Å². The molecule has 1 heterocycles. The molecule has 3 nitrogen and oxygen atoms in total. The molecule has 0 bridgehead atoms. The molecule has 0 saturated heterocycles. The highest BCUT2D eigenvalue weighted by atomic mass is 16.5. The number of carbonyl (C=O) groups excluding carboxylic acids is 1. The molecule has 0 aliphatic carbocycles. The third-order valence-corrected chi connectivity index (χ3v) is 2.89. The van der Waals surface area contributed by atoms with Gasteiger partial charge in [0.1, 0.15) is 0 Å². The molecule has 0 radical (unpaired) electrons. The van der Waals surface area contributed by atoms with Crippen molar-refractivity contribution < 1.29 is 9.53 Å². The molecule has 90 valence electrons. The number of aromatic amines is 1. The lowest BCUT2D eigenvalue weighted by molar-refractivity contribution is -0.145. The summed E-state index contributed by atoms with van der Waals surface area (Å²) < 4.78 is 5.17. The Hall–Kier alpha value is -1.77. The van der Waals surface area contributed by atoms with E-state index in [1.807, 2.05) is 44.3 Å². The van der Waals surface area contributed by atoms with Gasteiger partial charge in [-0.1, -0.05) is 25.1 Å². The van der Waals surface area contributed by atoms with Gasteiger partial charge in [-0.25, -0.2) is 0 Å². The van der Waals surface area contributed by atoms with E-state index in [2.05, 4.69) is 4.98 Å². The summed E-state index contributed by atoms with van der Waals surface area (Å²) in [6.07, 6.45) is 2.74. The molecule has 2 rings (SSSR count). The van der Waals surface area contributed by atoms with Crippen LogP contribution in [-0.4, -0.2) is 17.6 Å². The first-order valence-electron chi connectivity index (χ1n) is 5.96. The predicted molar refractivity (Wildman–Crippen MR) is 68.0 cm³/mol. The molecule has 0 amide bonds. The maximum Gasteiger partial charge on any atom is 0.313 e. The molecule has 0 aliphatic heterocycles. The summed E-state index contributed by atoms with van der Waals surface area (Å²) in [5, 5.41) is 1.09. The van der Waals surface area contributed by atoms with E-state index in [-0.39, 0.29) is 11.9 Å². The van der Waals surface area contributed by atoms with Crippen molar-refractivity contribution in [2.45, 2.75) is 26.2 Å². The zero-order valence-corrected chi connectivity index (χ0v) is 10.2. The van der Waals surface area contributed by atoms with Crippen LogP contribution in [0.4, 0.5) is 0 Å². The quantitative estimate of drug-likeness (QED) is 0.821. The van der Waals surface area contributed by atoms with Crippen LogP contribution in [-0.2, 0) is 9.53 Å². The molecule has 0 fully saturated rings. The van der Waals surface area contributed by atoms with E-state index < -0.39 is 0 Å². The summed E-state index contributed by atoms with van der Waals surface area (Å²) in [6.45, 7) is 4.36. The highest BCUT2D eigenvalue weighted by Crippen LogP contribution is 2.26. The van der Waals surface area contributed by atoms with Crippen molar-refractivity contribution in [3.63, 3.8) is 0 Å². The van der Waals surface area contributed by atoms with Gasteiger partial charge in [0.2, 0.25) is 0 Å². The second-order valence-electron chi connectivity index (χ2n) is 4.18. The summed E-state index contributed by atoms with van der Waals surface area (Å²) in [6, 6.07) is 7.97. The van der Waals surface area contributed by atoms with E-state index in [1.54, 1.807) is 0 Å². The first kappa shape index (κ1) is 11.7. The Morgan fingerprint density at radius 1 is 1.41 bits per heavy atom. The number of hydrogen-bond donors (Lipinski definition) is 1. The second kappa shape index (κ2) is 5.04. The highest BCUT2D eigenvalue weighted by molar-refractivity contribution is 5.89. The lowest BCUT2D eigenvalue weighted by atomic mass is 10.0. The van der Waals surface area contributed by atoms with E-state index in [9.17, 15) is 4.79 Å². The molecule has 0 saturated carbocycles. The average molecular weight is 231 g/mol. The number of para-hydroxylation sites is 1. The first-order valence-corrected chi connectivity index (χ1v) is 5.96. The number of rotatable bonds is 4. The Morgan fingerprint density at radius 2 is 2.18 bits per heavy atom. The molecule has 2 aromatic rings. The number of nitrogens with one attached hydrogen (secondary N) is 1. The number of esters is 1. The number of benzene rings is 1. The van der Waals surface area contributed by atoms with Crippen molar-refractivity contribution in [2.75, 3.05) is 6.61 Å². The molecule has 17 heavy (non-hydrogen) atoms. The number of fused-ring (bicyclic) bond motifs is 1. The Bertz CT molecular complexity index is 516. The van der Waals surface area contributed by atoms with Crippen molar-refractivity contribution in [1.29, 1.82) is 0 Å². The molecule has 3 heteroatoms. The van der Waals surface area contributed by atoms with E-state index in [0.29, 0.717) is 6.61 Å². The van der Waals surface area contributed by atoms with Gasteiger partial charge in [-0.3, -0.25) is 4.79 Å². The van der Waals surface area contributed by atoms with Gasteiger partial charge in [0.15, 0.2) is 0 Å². The molecular formula is C14H17NO2. The number of ether oxygens (including phenoxy) is 1. The first-order chi connectivity index (χ1) is 8.24. The normalized spacial score (nSPS) is 12.6. The van der Waals surface area contributed by atoms with Crippen LogP contribution >= 0.6 is 0 Å². The maximum atomic E-state index is 11.8. The minimum absolute atomic E-state index is 0.156. The van der Waals surface area contributed by atoms with E-state index in [4.69, 9.17) is 4.74 Å². The van der Waals surface area contributed by atoms with Gasteiger partial charge in [0.25, 0.3) is 0 Å². The summed E-state index contributed by atoms with van der Waals surface area (Å²) in [4.78, 5) is 15.0. The highest BCUT2D eigenvalue weighted by Gasteiger charge is 2.19. The molecule has 0 aliphatic rings. The topological polar surface area (TPSA) is 42.1 Å². The van der Waals surface area contributed by atoms with Gasteiger partial charge in [0.05, 0.1) is 12.5 Å². The molecular weight excluding hydrogens is 214 g/mol. The Kier molecular flexibility index (Phi) is 3.47. The van der Waals surface area contributed by atoms with E-state index >= 15 is 0 Å². The summed E-state index contributed by atoms with van der Waals surface area (Å²) >= 11 is 0. The summed E-state index contributed by atoms with van der Waals surface area (Å²) in [7, 11) is 0. The minimum atomic E-state index is -0.224. The Balaban J connectivity index is 2.24. The molecule has 1 N–H and O–H groups in total. The minimum Gasteiger partial charge on any atom is -0.465 e. The van der Waals surface area contributed by atoms with Crippen molar-refractivity contribution >= 4 is 16.9 Å². The smallest absolute Gasteiger partial charge is 0.313 e. The van der Waals surface area contributed by atoms with Gasteiger partial charge in [-0.15, -0.1) is 0 Å². The SMILES string of the molecule is CCCOC(=O)C(C)c1c[nH]c2ccccc12. The zero-order chi connectivity index (χ0) is 12.3. The van der Waals surface area contributed by atoms with Gasteiger partial charge < -0.3 is 9.72 Å². The van der Waals surface area contributed by atoms with Crippen molar-refractivity contribution in [3.05, 3.63) is 36.0 Å². The van der Waals surface area contributed by atoms with Crippen LogP contribution in [0.1, 0.15) is 31.7 Å². The lowest BCUT2D eigenvalue weighted by Gasteiger charge is -2.10. The van der Waals surface area contributed by atoms with Crippen LogP contribution in [0.25, 0.3) is 10.9 Å². The fourth-order valence-electron chi connectivity index (χ4n) is 1.91. The van der Waals surface area contributed by atoms with E-state index in [0.717, 1.165) is 22.9 Å². The number of H-pyrrole nitrogens is 1. The third kappa shape index (κ3) is 2.33. The summed E-state index contributed by atoms with van der Waals surface area (Å²) in [5.41, 5.74) is 2.05.